The third-order valence-electron chi connectivity index (χ3n) is 2.41. The fraction of sp³-hybridized carbons (Fsp3) is 0.455. The van der Waals surface area contributed by atoms with Gasteiger partial charge in [-0.3, -0.25) is 0 Å². The van der Waals surface area contributed by atoms with Gasteiger partial charge in [-0.15, -0.1) is 0 Å². The molecule has 0 aromatic heterocycles. The maximum atomic E-state index is 13.2. The average molecular weight is 349 g/mol. The van der Waals surface area contributed by atoms with Gasteiger partial charge in [0.1, 0.15) is 16.3 Å². The quantitative estimate of drug-likeness (QED) is 0.595. The lowest BCUT2D eigenvalue weighted by molar-refractivity contribution is -0.281. The number of methoxy groups -OCH3 is 2. The van der Waals surface area contributed by atoms with Gasteiger partial charge in [0.05, 0.1) is 14.2 Å². The highest BCUT2D eigenvalue weighted by atomic mass is 79.9. The molecule has 0 amide bonds. The van der Waals surface area contributed by atoms with E-state index in [2.05, 4.69) is 15.9 Å². The van der Waals surface area contributed by atoms with E-state index in [0.29, 0.717) is 0 Å². The summed E-state index contributed by atoms with van der Waals surface area (Å²) in [5.41, 5.74) is -0.314. The van der Waals surface area contributed by atoms with Crippen molar-refractivity contribution in [3.8, 4) is 11.5 Å². The van der Waals surface area contributed by atoms with Crippen LogP contribution in [-0.2, 0) is 0 Å². The van der Waals surface area contributed by atoms with Crippen molar-refractivity contribution < 1.29 is 31.4 Å². The SMILES string of the molecule is COc1ccc(C(Br)C(F)(F)C(F)(F)F)c(OC)c1. The third-order valence-corrected chi connectivity index (χ3v) is 3.48. The number of alkyl halides is 6. The van der Waals surface area contributed by atoms with Crippen LogP contribution in [0.15, 0.2) is 18.2 Å². The smallest absolute Gasteiger partial charge is 0.454 e. The molecule has 1 rings (SSSR count). The standard InChI is InChI=1S/C11H10BrF5O2/c1-18-6-3-4-7(8(5-6)19-2)9(12)10(13,14)11(15,16)17/h3-5,9H,1-2H3. The molecule has 1 aromatic carbocycles. The minimum absolute atomic E-state index is 0.120. The van der Waals surface area contributed by atoms with Gasteiger partial charge in [-0.1, -0.05) is 22.0 Å². The van der Waals surface area contributed by atoms with E-state index in [4.69, 9.17) is 9.47 Å². The lowest BCUT2D eigenvalue weighted by atomic mass is 10.1. The second kappa shape index (κ2) is 5.52. The molecule has 0 saturated heterocycles. The zero-order chi connectivity index (χ0) is 14.8. The molecule has 0 aliphatic heterocycles. The molecule has 8 heteroatoms. The first-order chi connectivity index (χ1) is 8.65. The van der Waals surface area contributed by atoms with Crippen LogP contribution < -0.4 is 9.47 Å². The fourth-order valence-electron chi connectivity index (χ4n) is 1.37. The molecule has 1 atom stereocenters. The predicted octanol–water partition coefficient (Wildman–Crippen LogP) is 4.34. The predicted molar refractivity (Wildman–Crippen MR) is 62.2 cm³/mol. The normalized spacial score (nSPS) is 14.1. The van der Waals surface area contributed by atoms with Crippen molar-refractivity contribution in [1.82, 2.24) is 0 Å². The molecular formula is C11H10BrF5O2. The van der Waals surface area contributed by atoms with Crippen LogP contribution in [0.4, 0.5) is 22.0 Å². The van der Waals surface area contributed by atoms with Crippen LogP contribution in [0.2, 0.25) is 0 Å². The van der Waals surface area contributed by atoms with Gasteiger partial charge in [0.2, 0.25) is 0 Å². The Hall–Kier alpha value is -1.05. The molecule has 0 fully saturated rings. The molecule has 0 heterocycles. The molecule has 108 valence electrons. The summed E-state index contributed by atoms with van der Waals surface area (Å²) in [7, 11) is 2.51. The van der Waals surface area contributed by atoms with Gasteiger partial charge in [-0.25, -0.2) is 0 Å². The average Bonchev–Trinajstić information content (AvgIpc) is 2.35. The lowest BCUT2D eigenvalue weighted by Gasteiger charge is -2.26. The van der Waals surface area contributed by atoms with Gasteiger partial charge in [0.25, 0.3) is 0 Å². The molecule has 19 heavy (non-hydrogen) atoms. The lowest BCUT2D eigenvalue weighted by Crippen LogP contribution is -2.40. The highest BCUT2D eigenvalue weighted by Crippen LogP contribution is 2.51. The van der Waals surface area contributed by atoms with E-state index in [0.717, 1.165) is 6.07 Å². The zero-order valence-corrected chi connectivity index (χ0v) is 11.5. The monoisotopic (exact) mass is 348 g/mol. The summed E-state index contributed by atoms with van der Waals surface area (Å²) in [5, 5.41) is 0. The van der Waals surface area contributed by atoms with Crippen molar-refractivity contribution in [2.45, 2.75) is 16.9 Å². The summed E-state index contributed by atoms with van der Waals surface area (Å²) in [6.45, 7) is 0. The molecule has 0 aliphatic rings. The summed E-state index contributed by atoms with van der Waals surface area (Å²) in [4.78, 5) is -2.25. The Balaban J connectivity index is 3.23. The Morgan fingerprint density at radius 3 is 2.05 bits per heavy atom. The van der Waals surface area contributed by atoms with Crippen molar-refractivity contribution >= 4 is 15.9 Å². The van der Waals surface area contributed by atoms with E-state index >= 15 is 0 Å². The fourth-order valence-corrected chi connectivity index (χ4v) is 2.00. The molecule has 1 unspecified atom stereocenters. The van der Waals surface area contributed by atoms with Crippen LogP contribution in [0.1, 0.15) is 10.4 Å². The first kappa shape index (κ1) is 16.0. The Morgan fingerprint density at radius 1 is 1.05 bits per heavy atom. The number of ether oxygens (including phenoxy) is 2. The number of benzene rings is 1. The van der Waals surface area contributed by atoms with Gasteiger partial charge in [-0.05, 0) is 6.07 Å². The number of rotatable bonds is 4. The summed E-state index contributed by atoms with van der Waals surface area (Å²) < 4.78 is 73.1. The highest BCUT2D eigenvalue weighted by molar-refractivity contribution is 9.09. The van der Waals surface area contributed by atoms with Crippen molar-refractivity contribution in [1.29, 1.82) is 0 Å². The molecule has 0 aliphatic carbocycles. The second-order valence-electron chi connectivity index (χ2n) is 3.59. The molecule has 1 aromatic rings. The van der Waals surface area contributed by atoms with Gasteiger partial charge in [-0.2, -0.15) is 22.0 Å². The Labute approximate surface area is 114 Å². The zero-order valence-electron chi connectivity index (χ0n) is 9.89. The van der Waals surface area contributed by atoms with E-state index in [1.54, 1.807) is 0 Å². The van der Waals surface area contributed by atoms with Crippen LogP contribution >= 0.6 is 15.9 Å². The Kier molecular flexibility index (Phi) is 4.65. The molecule has 0 bridgehead atoms. The summed E-state index contributed by atoms with van der Waals surface area (Å²) >= 11 is 2.39. The van der Waals surface area contributed by atoms with Crippen molar-refractivity contribution in [2.24, 2.45) is 0 Å². The van der Waals surface area contributed by atoms with Crippen LogP contribution in [-0.4, -0.2) is 26.3 Å². The van der Waals surface area contributed by atoms with Gasteiger partial charge in [0.15, 0.2) is 0 Å². The van der Waals surface area contributed by atoms with E-state index in [9.17, 15) is 22.0 Å². The van der Waals surface area contributed by atoms with E-state index < -0.39 is 16.9 Å². The van der Waals surface area contributed by atoms with Crippen molar-refractivity contribution in [3.63, 3.8) is 0 Å². The van der Waals surface area contributed by atoms with E-state index in [1.165, 1.54) is 26.4 Å². The van der Waals surface area contributed by atoms with E-state index in [-0.39, 0.29) is 17.1 Å². The van der Waals surface area contributed by atoms with Gasteiger partial charge >= 0.3 is 12.1 Å². The van der Waals surface area contributed by atoms with Crippen LogP contribution in [0.25, 0.3) is 0 Å². The van der Waals surface area contributed by atoms with Gasteiger partial charge in [0, 0.05) is 11.6 Å². The van der Waals surface area contributed by atoms with E-state index in [1.807, 2.05) is 0 Å². The van der Waals surface area contributed by atoms with Crippen molar-refractivity contribution in [3.05, 3.63) is 23.8 Å². The summed E-state index contributed by atoms with van der Waals surface area (Å²) in [5.74, 6) is -4.75. The topological polar surface area (TPSA) is 18.5 Å². The minimum Gasteiger partial charge on any atom is -0.497 e. The first-order valence-corrected chi connectivity index (χ1v) is 5.87. The van der Waals surface area contributed by atoms with Gasteiger partial charge < -0.3 is 9.47 Å². The molecular weight excluding hydrogens is 339 g/mol. The third kappa shape index (κ3) is 3.10. The Bertz CT molecular complexity index is 447. The number of halogens is 6. The summed E-state index contributed by atoms with van der Waals surface area (Å²) in [6.07, 6.45) is -5.66. The molecule has 0 radical (unpaired) electrons. The molecule has 2 nitrogen and oxygen atoms in total. The van der Waals surface area contributed by atoms with Crippen LogP contribution in [0.5, 0.6) is 11.5 Å². The second-order valence-corrected chi connectivity index (χ2v) is 4.51. The van der Waals surface area contributed by atoms with Crippen molar-refractivity contribution in [2.75, 3.05) is 14.2 Å². The van der Waals surface area contributed by atoms with Crippen LogP contribution in [0, 0.1) is 0 Å². The number of hydrogen-bond donors (Lipinski definition) is 0. The summed E-state index contributed by atoms with van der Waals surface area (Å²) in [6, 6.07) is 3.60. The first-order valence-electron chi connectivity index (χ1n) is 4.95. The minimum atomic E-state index is -5.66. The Morgan fingerprint density at radius 2 is 1.63 bits per heavy atom. The molecule has 0 N–H and O–H groups in total. The maximum absolute atomic E-state index is 13.2. The molecule has 0 saturated carbocycles. The maximum Gasteiger partial charge on any atom is 0.454 e. The highest BCUT2D eigenvalue weighted by Gasteiger charge is 2.62. The molecule has 0 spiro atoms. The number of hydrogen-bond acceptors (Lipinski definition) is 2. The largest absolute Gasteiger partial charge is 0.497 e. The van der Waals surface area contributed by atoms with Crippen LogP contribution in [0.3, 0.4) is 0 Å².